The van der Waals surface area contributed by atoms with Gasteiger partial charge < -0.3 is 9.84 Å². The van der Waals surface area contributed by atoms with E-state index in [0.717, 1.165) is 6.42 Å². The van der Waals surface area contributed by atoms with E-state index < -0.39 is 0 Å². The van der Waals surface area contributed by atoms with Gasteiger partial charge in [-0.25, -0.2) is 4.98 Å². The molecule has 2 aromatic rings. The SMILES string of the molecule is CC1CC(CO)OC1n1cnc2c(=O)[nH]c(NI)nc21. The number of anilines is 1. The van der Waals surface area contributed by atoms with Crippen molar-refractivity contribution in [3.63, 3.8) is 0 Å². The average molecular weight is 391 g/mol. The zero-order valence-corrected chi connectivity index (χ0v) is 12.9. The lowest BCUT2D eigenvalue weighted by molar-refractivity contribution is -0.0294. The third kappa shape index (κ3) is 2.19. The number of aromatic nitrogens is 4. The summed E-state index contributed by atoms with van der Waals surface area (Å²) in [6, 6.07) is 0. The zero-order valence-electron chi connectivity index (χ0n) is 10.7. The number of ether oxygens (including phenoxy) is 1. The molecule has 2 aromatic heterocycles. The number of hydrogen-bond acceptors (Lipinski definition) is 6. The van der Waals surface area contributed by atoms with E-state index in [0.29, 0.717) is 11.6 Å². The van der Waals surface area contributed by atoms with E-state index in [9.17, 15) is 9.90 Å². The monoisotopic (exact) mass is 391 g/mol. The van der Waals surface area contributed by atoms with Gasteiger partial charge in [0.15, 0.2) is 11.2 Å². The van der Waals surface area contributed by atoms with Gasteiger partial charge in [0.25, 0.3) is 5.56 Å². The van der Waals surface area contributed by atoms with Crippen LogP contribution in [-0.4, -0.2) is 37.3 Å². The Balaban J connectivity index is 2.08. The first-order valence-corrected chi connectivity index (χ1v) is 7.31. The van der Waals surface area contributed by atoms with Crippen molar-refractivity contribution < 1.29 is 9.84 Å². The molecule has 1 aliphatic rings. The minimum Gasteiger partial charge on any atom is -0.394 e. The van der Waals surface area contributed by atoms with Gasteiger partial charge in [0.1, 0.15) is 6.23 Å². The molecule has 8 nitrogen and oxygen atoms in total. The Bertz CT molecular complexity index is 684. The molecular formula is C11H14IN5O3. The number of nitrogens with zero attached hydrogens (tertiary/aromatic N) is 3. The quantitative estimate of drug-likeness (QED) is 0.528. The molecule has 1 fully saturated rings. The lowest BCUT2D eigenvalue weighted by Gasteiger charge is -2.17. The number of aliphatic hydroxyl groups excluding tert-OH is 1. The average Bonchev–Trinajstić information content (AvgIpc) is 3.01. The molecule has 1 aliphatic heterocycles. The molecule has 0 spiro atoms. The van der Waals surface area contributed by atoms with E-state index in [1.165, 1.54) is 0 Å². The summed E-state index contributed by atoms with van der Waals surface area (Å²) >= 11 is 1.90. The number of nitrogens with one attached hydrogen (secondary N) is 2. The van der Waals surface area contributed by atoms with Crippen molar-refractivity contribution in [3.8, 4) is 0 Å². The maximum absolute atomic E-state index is 11.9. The maximum Gasteiger partial charge on any atom is 0.280 e. The summed E-state index contributed by atoms with van der Waals surface area (Å²) in [5.41, 5.74) is 0.462. The topological polar surface area (TPSA) is 105 Å². The predicted molar refractivity (Wildman–Crippen MR) is 80.6 cm³/mol. The van der Waals surface area contributed by atoms with Crippen LogP contribution in [-0.2, 0) is 4.74 Å². The largest absolute Gasteiger partial charge is 0.394 e. The minimum absolute atomic E-state index is 0.0119. The molecule has 9 heteroatoms. The molecule has 3 rings (SSSR count). The number of imidazole rings is 1. The lowest BCUT2D eigenvalue weighted by Crippen LogP contribution is -2.17. The number of halogens is 1. The van der Waals surface area contributed by atoms with Crippen LogP contribution in [0.4, 0.5) is 5.95 Å². The van der Waals surface area contributed by atoms with Crippen LogP contribution in [0.3, 0.4) is 0 Å². The fourth-order valence-electron chi connectivity index (χ4n) is 2.53. The van der Waals surface area contributed by atoms with Crippen molar-refractivity contribution in [2.24, 2.45) is 5.92 Å². The van der Waals surface area contributed by atoms with Crippen LogP contribution < -0.4 is 9.09 Å². The highest BCUT2D eigenvalue weighted by atomic mass is 127. The third-order valence-corrected chi connectivity index (χ3v) is 3.96. The molecule has 0 amide bonds. The first-order chi connectivity index (χ1) is 9.63. The van der Waals surface area contributed by atoms with E-state index in [-0.39, 0.29) is 35.9 Å². The molecule has 0 radical (unpaired) electrons. The molecule has 0 bridgehead atoms. The standard InChI is InChI=1S/C11H14IN5O3/c1-5-2-6(3-18)20-10(5)17-4-13-7-8(17)14-11(16-12)15-9(7)19/h4-6,10,18H,2-3H2,1H3,(H2,14,15,16,19). The summed E-state index contributed by atoms with van der Waals surface area (Å²) in [7, 11) is 0. The molecule has 108 valence electrons. The highest BCUT2D eigenvalue weighted by Gasteiger charge is 2.34. The van der Waals surface area contributed by atoms with Crippen LogP contribution in [0.15, 0.2) is 11.1 Å². The van der Waals surface area contributed by atoms with Gasteiger partial charge in [-0.15, -0.1) is 0 Å². The number of hydrogen-bond donors (Lipinski definition) is 3. The Kier molecular flexibility index (Phi) is 3.65. The van der Waals surface area contributed by atoms with Crippen LogP contribution >= 0.6 is 22.9 Å². The number of H-pyrrole nitrogens is 1. The third-order valence-electron chi connectivity index (χ3n) is 3.45. The highest BCUT2D eigenvalue weighted by molar-refractivity contribution is 14.1. The normalized spacial score (nSPS) is 26.2. The molecule has 3 atom stereocenters. The Labute approximate surface area is 128 Å². The number of aromatic amines is 1. The Hall–Kier alpha value is -1.20. The first kappa shape index (κ1) is 13.8. The van der Waals surface area contributed by atoms with Gasteiger partial charge in [0, 0.05) is 5.92 Å². The molecule has 20 heavy (non-hydrogen) atoms. The lowest BCUT2D eigenvalue weighted by atomic mass is 10.1. The van der Waals surface area contributed by atoms with E-state index in [4.69, 9.17) is 4.74 Å². The minimum atomic E-state index is -0.294. The molecule has 1 saturated heterocycles. The molecular weight excluding hydrogens is 377 g/mol. The number of rotatable bonds is 3. The van der Waals surface area contributed by atoms with Gasteiger partial charge in [-0.3, -0.25) is 17.9 Å². The summed E-state index contributed by atoms with van der Waals surface area (Å²) in [4.78, 5) is 22.9. The smallest absolute Gasteiger partial charge is 0.280 e. The second-order valence-electron chi connectivity index (χ2n) is 4.88. The van der Waals surface area contributed by atoms with Gasteiger partial charge in [-0.1, -0.05) is 6.92 Å². The van der Waals surface area contributed by atoms with Gasteiger partial charge >= 0.3 is 0 Å². The molecule has 0 aliphatic carbocycles. The van der Waals surface area contributed by atoms with Crippen LogP contribution in [0, 0.1) is 5.92 Å². The van der Waals surface area contributed by atoms with Crippen LogP contribution in [0.2, 0.25) is 0 Å². The summed E-state index contributed by atoms with van der Waals surface area (Å²) in [6.45, 7) is 2.03. The van der Waals surface area contributed by atoms with E-state index >= 15 is 0 Å². The molecule has 0 saturated carbocycles. The summed E-state index contributed by atoms with van der Waals surface area (Å²) in [5, 5.41) is 9.21. The number of aliphatic hydroxyl groups is 1. The Morgan fingerprint density at radius 3 is 3.15 bits per heavy atom. The van der Waals surface area contributed by atoms with Gasteiger partial charge in [0.2, 0.25) is 5.95 Å². The van der Waals surface area contributed by atoms with Crippen molar-refractivity contribution in [2.75, 3.05) is 10.1 Å². The fraction of sp³-hybridized carbons (Fsp3) is 0.545. The predicted octanol–water partition coefficient (Wildman–Crippen LogP) is 0.797. The Morgan fingerprint density at radius 1 is 1.70 bits per heavy atom. The molecule has 3 N–H and O–H groups in total. The summed E-state index contributed by atoms with van der Waals surface area (Å²) in [5.74, 6) is 0.579. The fourth-order valence-corrected chi connectivity index (χ4v) is 2.79. The van der Waals surface area contributed by atoms with Gasteiger partial charge in [-0.05, 0) is 6.42 Å². The summed E-state index contributed by atoms with van der Waals surface area (Å²) < 4.78 is 10.3. The van der Waals surface area contributed by atoms with E-state index in [1.807, 2.05) is 29.8 Å². The van der Waals surface area contributed by atoms with Crippen molar-refractivity contribution in [1.82, 2.24) is 19.5 Å². The van der Waals surface area contributed by atoms with Crippen molar-refractivity contribution in [2.45, 2.75) is 25.7 Å². The van der Waals surface area contributed by atoms with Crippen LogP contribution in [0.1, 0.15) is 19.6 Å². The van der Waals surface area contributed by atoms with Crippen LogP contribution in [0.25, 0.3) is 11.2 Å². The van der Waals surface area contributed by atoms with Crippen LogP contribution in [0.5, 0.6) is 0 Å². The highest BCUT2D eigenvalue weighted by Crippen LogP contribution is 2.35. The maximum atomic E-state index is 11.9. The van der Waals surface area contributed by atoms with E-state index in [2.05, 4.69) is 18.5 Å². The molecule has 0 aromatic carbocycles. The number of fused-ring (bicyclic) bond motifs is 1. The molecule has 3 heterocycles. The van der Waals surface area contributed by atoms with Crippen molar-refractivity contribution in [1.29, 1.82) is 0 Å². The summed E-state index contributed by atoms with van der Waals surface area (Å²) in [6.07, 6.45) is 1.87. The van der Waals surface area contributed by atoms with Gasteiger partial charge in [-0.2, -0.15) is 4.98 Å². The Morgan fingerprint density at radius 2 is 2.50 bits per heavy atom. The van der Waals surface area contributed by atoms with Crippen molar-refractivity contribution in [3.05, 3.63) is 16.7 Å². The first-order valence-electron chi connectivity index (χ1n) is 6.24. The second-order valence-corrected chi connectivity index (χ2v) is 5.42. The molecule has 3 unspecified atom stereocenters. The van der Waals surface area contributed by atoms with E-state index in [1.54, 1.807) is 10.9 Å². The van der Waals surface area contributed by atoms with Crippen molar-refractivity contribution >= 4 is 40.0 Å². The second kappa shape index (κ2) is 5.30. The zero-order chi connectivity index (χ0) is 14.3. The van der Waals surface area contributed by atoms with Gasteiger partial charge in [0.05, 0.1) is 41.9 Å².